The van der Waals surface area contributed by atoms with E-state index in [1.54, 1.807) is 6.33 Å². The van der Waals surface area contributed by atoms with E-state index in [4.69, 9.17) is 0 Å². The zero-order valence-corrected chi connectivity index (χ0v) is 11.8. The van der Waals surface area contributed by atoms with E-state index in [9.17, 15) is 4.79 Å². The molecule has 2 aliphatic rings. The second kappa shape index (κ2) is 6.31. The monoisotopic (exact) mass is 274 g/mol. The number of carbonyl (C=O) groups excluding carboxylic acids is 1. The highest BCUT2D eigenvalue weighted by molar-refractivity contribution is 5.78. The Hall–Kier alpha value is -1.49. The van der Waals surface area contributed by atoms with Crippen molar-refractivity contribution in [1.29, 1.82) is 0 Å². The lowest BCUT2D eigenvalue weighted by Crippen LogP contribution is -2.44. The third-order valence-corrected chi connectivity index (χ3v) is 4.28. The predicted octanol–water partition coefficient (Wildman–Crippen LogP) is 1.28. The van der Waals surface area contributed by atoms with Crippen LogP contribution in [0.15, 0.2) is 12.5 Å². The molecule has 0 unspecified atom stereocenters. The molecule has 1 amide bonds. The van der Waals surface area contributed by atoms with E-state index in [2.05, 4.69) is 20.2 Å². The standard InChI is InChI=1S/C15H22N4O/c20-15(18-13-4-2-1-3-5-13)10-19-7-6-14-12(9-19)8-16-11-17-14/h8,11,13H,1-7,9-10H2,(H,18,20). The van der Waals surface area contributed by atoms with Gasteiger partial charge in [-0.1, -0.05) is 19.3 Å². The molecule has 108 valence electrons. The van der Waals surface area contributed by atoms with Crippen LogP contribution >= 0.6 is 0 Å². The Balaban J connectivity index is 1.50. The number of fused-ring (bicyclic) bond motifs is 1. The second-order valence-electron chi connectivity index (χ2n) is 5.86. The van der Waals surface area contributed by atoms with Gasteiger partial charge in [0.25, 0.3) is 0 Å². The van der Waals surface area contributed by atoms with Crippen LogP contribution in [0.25, 0.3) is 0 Å². The SMILES string of the molecule is O=C(CN1CCc2ncncc2C1)NC1CCCCC1. The molecule has 0 aromatic carbocycles. The maximum absolute atomic E-state index is 12.1. The summed E-state index contributed by atoms with van der Waals surface area (Å²) < 4.78 is 0. The summed E-state index contributed by atoms with van der Waals surface area (Å²) in [6, 6.07) is 0.400. The largest absolute Gasteiger partial charge is 0.352 e. The van der Waals surface area contributed by atoms with Crippen molar-refractivity contribution >= 4 is 5.91 Å². The van der Waals surface area contributed by atoms with Crippen LogP contribution in [0.4, 0.5) is 0 Å². The highest BCUT2D eigenvalue weighted by Gasteiger charge is 2.21. The van der Waals surface area contributed by atoms with Crippen molar-refractivity contribution < 1.29 is 4.79 Å². The fraction of sp³-hybridized carbons (Fsp3) is 0.667. The van der Waals surface area contributed by atoms with Gasteiger partial charge in [-0.25, -0.2) is 9.97 Å². The number of rotatable bonds is 3. The highest BCUT2D eigenvalue weighted by atomic mass is 16.2. The van der Waals surface area contributed by atoms with E-state index in [0.29, 0.717) is 12.6 Å². The fourth-order valence-corrected chi connectivity index (χ4v) is 3.18. The predicted molar refractivity (Wildman–Crippen MR) is 76.0 cm³/mol. The summed E-state index contributed by atoms with van der Waals surface area (Å²) in [7, 11) is 0. The van der Waals surface area contributed by atoms with Gasteiger partial charge in [0.1, 0.15) is 6.33 Å². The van der Waals surface area contributed by atoms with Crippen LogP contribution in [-0.4, -0.2) is 39.9 Å². The van der Waals surface area contributed by atoms with Crippen molar-refractivity contribution in [2.24, 2.45) is 0 Å². The number of aromatic nitrogens is 2. The molecule has 0 spiro atoms. The van der Waals surface area contributed by atoms with Gasteiger partial charge in [-0.15, -0.1) is 0 Å². The van der Waals surface area contributed by atoms with E-state index in [-0.39, 0.29) is 5.91 Å². The smallest absolute Gasteiger partial charge is 0.234 e. The fourth-order valence-electron chi connectivity index (χ4n) is 3.18. The summed E-state index contributed by atoms with van der Waals surface area (Å²) in [5.74, 6) is 0.164. The van der Waals surface area contributed by atoms with Crippen LogP contribution in [0.2, 0.25) is 0 Å². The van der Waals surface area contributed by atoms with Crippen LogP contribution in [0.5, 0.6) is 0 Å². The van der Waals surface area contributed by atoms with Crippen LogP contribution in [0.3, 0.4) is 0 Å². The molecule has 0 atom stereocenters. The van der Waals surface area contributed by atoms with E-state index < -0.39 is 0 Å². The number of nitrogens with one attached hydrogen (secondary N) is 1. The van der Waals surface area contributed by atoms with Crippen molar-refractivity contribution in [3.8, 4) is 0 Å². The normalized spacial score (nSPS) is 20.4. The molecule has 1 aromatic heterocycles. The van der Waals surface area contributed by atoms with Crippen molar-refractivity contribution in [3.63, 3.8) is 0 Å². The maximum atomic E-state index is 12.1. The lowest BCUT2D eigenvalue weighted by Gasteiger charge is -2.28. The van der Waals surface area contributed by atoms with Crippen LogP contribution < -0.4 is 5.32 Å². The van der Waals surface area contributed by atoms with E-state index in [1.807, 2.05) is 6.20 Å². The summed E-state index contributed by atoms with van der Waals surface area (Å²) in [5, 5.41) is 3.18. The molecule has 2 heterocycles. The molecule has 0 bridgehead atoms. The summed E-state index contributed by atoms with van der Waals surface area (Å²) in [4.78, 5) is 22.6. The average molecular weight is 274 g/mol. The minimum Gasteiger partial charge on any atom is -0.352 e. The number of nitrogens with zero attached hydrogens (tertiary/aromatic N) is 3. The van der Waals surface area contributed by atoms with Gasteiger partial charge >= 0.3 is 0 Å². The first kappa shape index (κ1) is 13.5. The first-order chi connectivity index (χ1) is 9.81. The van der Waals surface area contributed by atoms with Crippen molar-refractivity contribution in [2.75, 3.05) is 13.1 Å². The van der Waals surface area contributed by atoms with E-state index in [0.717, 1.165) is 43.6 Å². The Morgan fingerprint density at radius 3 is 3.05 bits per heavy atom. The lowest BCUT2D eigenvalue weighted by molar-refractivity contribution is -0.123. The molecule has 20 heavy (non-hydrogen) atoms. The Kier molecular flexibility index (Phi) is 4.25. The first-order valence-corrected chi connectivity index (χ1v) is 7.61. The van der Waals surface area contributed by atoms with Gasteiger partial charge in [0.15, 0.2) is 0 Å². The van der Waals surface area contributed by atoms with Crippen LogP contribution in [0.1, 0.15) is 43.4 Å². The number of hydrogen-bond donors (Lipinski definition) is 1. The Morgan fingerprint density at radius 1 is 1.35 bits per heavy atom. The maximum Gasteiger partial charge on any atom is 0.234 e. The summed E-state index contributed by atoms with van der Waals surface area (Å²) in [6.07, 6.45) is 10.5. The Morgan fingerprint density at radius 2 is 2.20 bits per heavy atom. The molecular weight excluding hydrogens is 252 g/mol. The van der Waals surface area contributed by atoms with Crippen molar-refractivity contribution in [1.82, 2.24) is 20.2 Å². The molecule has 5 nitrogen and oxygen atoms in total. The summed E-state index contributed by atoms with van der Waals surface area (Å²) in [6.45, 7) is 2.18. The van der Waals surface area contributed by atoms with Gasteiger partial charge in [-0.3, -0.25) is 9.69 Å². The number of carbonyl (C=O) groups is 1. The van der Waals surface area contributed by atoms with Gasteiger partial charge in [-0.05, 0) is 12.8 Å². The molecule has 5 heteroatoms. The molecule has 0 saturated heterocycles. The van der Waals surface area contributed by atoms with Crippen molar-refractivity contribution in [3.05, 3.63) is 23.8 Å². The van der Waals surface area contributed by atoms with Crippen LogP contribution in [-0.2, 0) is 17.8 Å². The molecule has 1 saturated carbocycles. The zero-order valence-electron chi connectivity index (χ0n) is 11.8. The second-order valence-corrected chi connectivity index (χ2v) is 5.86. The van der Waals surface area contributed by atoms with Crippen molar-refractivity contribution in [2.45, 2.75) is 51.1 Å². The van der Waals surface area contributed by atoms with E-state index >= 15 is 0 Å². The van der Waals surface area contributed by atoms with E-state index in [1.165, 1.54) is 19.3 Å². The molecule has 1 N–H and O–H groups in total. The molecule has 1 fully saturated rings. The lowest BCUT2D eigenvalue weighted by atomic mass is 9.95. The summed E-state index contributed by atoms with van der Waals surface area (Å²) in [5.41, 5.74) is 2.29. The third kappa shape index (κ3) is 3.33. The van der Waals surface area contributed by atoms with Crippen LogP contribution in [0, 0.1) is 0 Å². The zero-order chi connectivity index (χ0) is 13.8. The topological polar surface area (TPSA) is 58.1 Å². The average Bonchev–Trinajstić information content (AvgIpc) is 2.48. The summed E-state index contributed by atoms with van der Waals surface area (Å²) >= 11 is 0. The molecule has 1 aliphatic heterocycles. The Labute approximate surface area is 119 Å². The Bertz CT molecular complexity index is 471. The highest BCUT2D eigenvalue weighted by Crippen LogP contribution is 2.18. The molecule has 3 rings (SSSR count). The van der Waals surface area contributed by atoms with Gasteiger partial charge in [0.2, 0.25) is 5.91 Å². The third-order valence-electron chi connectivity index (χ3n) is 4.28. The number of hydrogen-bond acceptors (Lipinski definition) is 4. The number of amides is 1. The molecule has 1 aliphatic carbocycles. The van der Waals surface area contributed by atoms with Gasteiger partial charge in [0, 0.05) is 43.0 Å². The first-order valence-electron chi connectivity index (χ1n) is 7.61. The minimum absolute atomic E-state index is 0.164. The minimum atomic E-state index is 0.164. The van der Waals surface area contributed by atoms with Gasteiger partial charge in [-0.2, -0.15) is 0 Å². The van der Waals surface area contributed by atoms with Gasteiger partial charge in [0.05, 0.1) is 6.54 Å². The van der Waals surface area contributed by atoms with Gasteiger partial charge < -0.3 is 5.32 Å². The molecular formula is C15H22N4O. The molecule has 1 aromatic rings. The molecule has 0 radical (unpaired) electrons. The quantitative estimate of drug-likeness (QED) is 0.902.